The molecule has 0 saturated carbocycles. The van der Waals surface area contributed by atoms with Gasteiger partial charge in [0.15, 0.2) is 9.84 Å². The Morgan fingerprint density at radius 3 is 2.25 bits per heavy atom. The van der Waals surface area contributed by atoms with Crippen LogP contribution < -0.4 is 0 Å². The van der Waals surface area contributed by atoms with Crippen LogP contribution in [0, 0.1) is 0 Å². The van der Waals surface area contributed by atoms with E-state index in [1.165, 1.54) is 0 Å². The van der Waals surface area contributed by atoms with Crippen LogP contribution in [0.4, 0.5) is 0 Å². The fourth-order valence-corrected chi connectivity index (χ4v) is 5.18. The molecule has 0 bridgehead atoms. The van der Waals surface area contributed by atoms with Crippen molar-refractivity contribution in [2.24, 2.45) is 0 Å². The molecule has 4 rings (SSSR count). The first-order valence-electron chi connectivity index (χ1n) is 8.72. The third-order valence-electron chi connectivity index (χ3n) is 4.66. The highest BCUT2D eigenvalue weighted by molar-refractivity contribution is 7.90. The molecule has 0 fully saturated rings. The Hall–Kier alpha value is -2.27. The van der Waals surface area contributed by atoms with E-state index in [1.54, 1.807) is 30.5 Å². The van der Waals surface area contributed by atoms with E-state index in [4.69, 9.17) is 23.2 Å². The lowest BCUT2D eigenvalue weighted by Gasteiger charge is -2.07. The third-order valence-corrected chi connectivity index (χ3v) is 6.99. The van der Waals surface area contributed by atoms with Gasteiger partial charge in [-0.2, -0.15) is 0 Å². The Morgan fingerprint density at radius 2 is 1.50 bits per heavy atom. The molecule has 1 heterocycles. The summed E-state index contributed by atoms with van der Waals surface area (Å²) in [5.74, 6) is -0.0791. The Kier molecular flexibility index (Phi) is 5.19. The molecule has 0 aliphatic heterocycles. The number of fused-ring (bicyclic) bond motifs is 1. The fourth-order valence-electron chi connectivity index (χ4n) is 3.28. The summed E-state index contributed by atoms with van der Waals surface area (Å²) >= 11 is 12.2. The predicted octanol–water partition coefficient (Wildman–Crippen LogP) is 5.97. The molecule has 0 amide bonds. The predicted molar refractivity (Wildman–Crippen MR) is 115 cm³/mol. The van der Waals surface area contributed by atoms with Crippen LogP contribution in [0.1, 0.15) is 11.1 Å². The maximum absolute atomic E-state index is 13.2. The molecule has 6 heteroatoms. The highest BCUT2D eigenvalue weighted by Gasteiger charge is 2.22. The standard InChI is InChI=1S/C22H17Cl2NO2S/c23-18-11-9-16(10-12-18)15-28(26,27)22-14-25(21-8-4-2-6-19(21)22)13-17-5-1-3-7-20(17)24/h1-12,14H,13,15H2. The Balaban J connectivity index is 1.77. The number of para-hydroxylation sites is 1. The van der Waals surface area contributed by atoms with E-state index in [9.17, 15) is 8.42 Å². The molecule has 0 N–H and O–H groups in total. The number of aromatic nitrogens is 1. The molecular weight excluding hydrogens is 413 g/mol. The van der Waals surface area contributed by atoms with Crippen molar-refractivity contribution < 1.29 is 8.42 Å². The van der Waals surface area contributed by atoms with Crippen molar-refractivity contribution in [1.29, 1.82) is 0 Å². The lowest BCUT2D eigenvalue weighted by atomic mass is 10.2. The van der Waals surface area contributed by atoms with Gasteiger partial charge in [0.2, 0.25) is 0 Å². The summed E-state index contributed by atoms with van der Waals surface area (Å²) in [6.45, 7) is 0.497. The van der Waals surface area contributed by atoms with Gasteiger partial charge < -0.3 is 4.57 Å². The van der Waals surface area contributed by atoms with Gasteiger partial charge in [0.25, 0.3) is 0 Å². The molecule has 3 nitrogen and oxygen atoms in total. The largest absolute Gasteiger partial charge is 0.342 e. The zero-order valence-corrected chi connectivity index (χ0v) is 17.2. The van der Waals surface area contributed by atoms with Crippen molar-refractivity contribution in [1.82, 2.24) is 4.57 Å². The Bertz CT molecular complexity index is 1250. The molecule has 0 aliphatic carbocycles. The van der Waals surface area contributed by atoms with E-state index in [-0.39, 0.29) is 5.75 Å². The number of halogens is 2. The van der Waals surface area contributed by atoms with E-state index < -0.39 is 9.84 Å². The van der Waals surface area contributed by atoms with E-state index in [0.29, 0.717) is 32.4 Å². The van der Waals surface area contributed by atoms with Gasteiger partial charge in [-0.05, 0) is 35.4 Å². The van der Waals surface area contributed by atoms with Crippen LogP contribution in [0.5, 0.6) is 0 Å². The molecule has 3 aromatic carbocycles. The van der Waals surface area contributed by atoms with Crippen LogP contribution in [0.2, 0.25) is 10.0 Å². The molecule has 0 unspecified atom stereocenters. The Morgan fingerprint density at radius 1 is 0.821 bits per heavy atom. The van der Waals surface area contributed by atoms with Gasteiger partial charge >= 0.3 is 0 Å². The second-order valence-corrected chi connectivity index (χ2v) is 9.42. The van der Waals surface area contributed by atoms with E-state index in [0.717, 1.165) is 11.1 Å². The average Bonchev–Trinajstić information content (AvgIpc) is 3.05. The minimum atomic E-state index is -3.53. The highest BCUT2D eigenvalue weighted by atomic mass is 35.5. The first-order chi connectivity index (χ1) is 13.4. The fraction of sp³-hybridized carbons (Fsp3) is 0.0909. The molecule has 0 atom stereocenters. The van der Waals surface area contributed by atoms with Gasteiger partial charge in [-0.25, -0.2) is 8.42 Å². The minimum absolute atomic E-state index is 0.0791. The molecular formula is C22H17Cl2NO2S. The monoisotopic (exact) mass is 429 g/mol. The van der Waals surface area contributed by atoms with Crippen LogP contribution >= 0.6 is 23.2 Å². The maximum Gasteiger partial charge on any atom is 0.184 e. The topological polar surface area (TPSA) is 39.1 Å². The number of rotatable bonds is 5. The zero-order valence-electron chi connectivity index (χ0n) is 14.8. The minimum Gasteiger partial charge on any atom is -0.342 e. The first-order valence-corrected chi connectivity index (χ1v) is 11.1. The van der Waals surface area contributed by atoms with Crippen molar-refractivity contribution in [3.8, 4) is 0 Å². The molecule has 142 valence electrons. The smallest absolute Gasteiger partial charge is 0.184 e. The van der Waals surface area contributed by atoms with Crippen LogP contribution in [0.3, 0.4) is 0 Å². The van der Waals surface area contributed by atoms with Gasteiger partial charge in [-0.3, -0.25) is 0 Å². The third kappa shape index (κ3) is 3.81. The van der Waals surface area contributed by atoms with Gasteiger partial charge in [-0.15, -0.1) is 0 Å². The van der Waals surface area contributed by atoms with Crippen LogP contribution in [0.15, 0.2) is 83.9 Å². The molecule has 0 saturated heterocycles. The molecule has 28 heavy (non-hydrogen) atoms. The van der Waals surface area contributed by atoms with Gasteiger partial charge in [0.1, 0.15) is 0 Å². The lowest BCUT2D eigenvalue weighted by molar-refractivity contribution is 0.595. The Labute approximate surface area is 174 Å². The van der Waals surface area contributed by atoms with Gasteiger partial charge in [0, 0.05) is 33.7 Å². The molecule has 0 radical (unpaired) electrons. The van der Waals surface area contributed by atoms with Crippen LogP contribution in [0.25, 0.3) is 10.9 Å². The van der Waals surface area contributed by atoms with E-state index in [1.807, 2.05) is 53.1 Å². The SMILES string of the molecule is O=S(=O)(Cc1ccc(Cl)cc1)c1cn(Cc2ccccc2Cl)c2ccccc12. The van der Waals surface area contributed by atoms with Gasteiger partial charge in [-0.1, -0.05) is 71.7 Å². The number of nitrogens with zero attached hydrogens (tertiary/aromatic N) is 1. The van der Waals surface area contributed by atoms with Gasteiger partial charge in [0.05, 0.1) is 10.6 Å². The normalized spacial score (nSPS) is 11.8. The van der Waals surface area contributed by atoms with Crippen LogP contribution in [-0.2, 0) is 22.1 Å². The molecule has 1 aromatic heterocycles. The van der Waals surface area contributed by atoms with E-state index >= 15 is 0 Å². The van der Waals surface area contributed by atoms with Crippen LogP contribution in [-0.4, -0.2) is 13.0 Å². The summed E-state index contributed by atoms with van der Waals surface area (Å²) < 4.78 is 28.3. The lowest BCUT2D eigenvalue weighted by Crippen LogP contribution is -2.05. The number of hydrogen-bond acceptors (Lipinski definition) is 2. The van der Waals surface area contributed by atoms with Crippen molar-refractivity contribution in [3.05, 3.63) is 100 Å². The zero-order chi connectivity index (χ0) is 19.7. The quantitative estimate of drug-likeness (QED) is 0.391. The second-order valence-electron chi connectivity index (χ2n) is 6.62. The van der Waals surface area contributed by atoms with E-state index in [2.05, 4.69) is 0 Å². The molecule has 4 aromatic rings. The summed E-state index contributed by atoms with van der Waals surface area (Å²) in [4.78, 5) is 0.324. The summed E-state index contributed by atoms with van der Waals surface area (Å²) in [6.07, 6.45) is 1.71. The number of sulfone groups is 1. The maximum atomic E-state index is 13.2. The summed E-state index contributed by atoms with van der Waals surface area (Å²) in [7, 11) is -3.53. The molecule has 0 aliphatic rings. The number of benzene rings is 3. The van der Waals surface area contributed by atoms with Crippen molar-refractivity contribution in [2.45, 2.75) is 17.2 Å². The highest BCUT2D eigenvalue weighted by Crippen LogP contribution is 2.29. The van der Waals surface area contributed by atoms with Crippen molar-refractivity contribution in [2.75, 3.05) is 0 Å². The number of hydrogen-bond donors (Lipinski definition) is 0. The van der Waals surface area contributed by atoms with Crippen molar-refractivity contribution >= 4 is 43.9 Å². The second kappa shape index (κ2) is 7.63. The summed E-state index contributed by atoms with van der Waals surface area (Å²) in [5, 5.41) is 1.95. The summed E-state index contributed by atoms with van der Waals surface area (Å²) in [6, 6.07) is 22.0. The van der Waals surface area contributed by atoms with Crippen molar-refractivity contribution in [3.63, 3.8) is 0 Å². The summed E-state index contributed by atoms with van der Waals surface area (Å²) in [5.41, 5.74) is 2.50. The first kappa shape index (κ1) is 19.1. The average molecular weight is 430 g/mol. The molecule has 0 spiro atoms.